The molecule has 0 saturated carbocycles. The molecule has 0 bridgehead atoms. The summed E-state index contributed by atoms with van der Waals surface area (Å²) in [6.07, 6.45) is 7.83. The highest BCUT2D eigenvalue weighted by Crippen LogP contribution is 2.40. The molecule has 1 atom stereocenters. The Balaban J connectivity index is 1.73. The van der Waals surface area contributed by atoms with Gasteiger partial charge in [0, 0.05) is 23.0 Å². The number of Topliss-reactive ketones (excluding diaryl/α,β-unsaturated/α-hetero) is 1. The first-order chi connectivity index (χ1) is 16.5. The number of hydrogen-bond acceptors (Lipinski definition) is 4. The third-order valence-electron chi connectivity index (χ3n) is 5.62. The Kier molecular flexibility index (Phi) is 7.27. The minimum atomic E-state index is -0.729. The second-order valence-corrected chi connectivity index (χ2v) is 8.79. The van der Waals surface area contributed by atoms with E-state index in [2.05, 4.69) is 27.5 Å². The highest BCUT2D eigenvalue weighted by Gasteiger charge is 2.46. The first-order valence-corrected chi connectivity index (χ1v) is 11.7. The fourth-order valence-corrected chi connectivity index (χ4v) is 4.30. The molecule has 2 aromatic carbocycles. The molecule has 34 heavy (non-hydrogen) atoms. The standard InChI is InChI=1S/C26H24BrN3O4/c1-2-15-34-21-6-3-5-19(16-21)23-22(24(31)18-7-9-20(27)10-8-18)25(32)26(33)30(23)13-4-12-29-14-11-28-17-29/h2-3,5-11,14,16-17,23H,1,4,12-13,15H2,(H,31,32)/p+1. The molecule has 1 aliphatic heterocycles. The van der Waals surface area contributed by atoms with Gasteiger partial charge in [-0.05, 0) is 29.8 Å². The van der Waals surface area contributed by atoms with Crippen LogP contribution in [0.25, 0.3) is 5.76 Å². The number of aromatic nitrogens is 2. The number of nitrogens with zero attached hydrogens (tertiary/aromatic N) is 2. The van der Waals surface area contributed by atoms with Gasteiger partial charge < -0.3 is 14.7 Å². The average molecular weight is 523 g/mol. The Labute approximate surface area is 206 Å². The van der Waals surface area contributed by atoms with Gasteiger partial charge >= 0.3 is 0 Å². The van der Waals surface area contributed by atoms with E-state index in [1.54, 1.807) is 42.5 Å². The zero-order valence-corrected chi connectivity index (χ0v) is 20.1. The van der Waals surface area contributed by atoms with Gasteiger partial charge in [0.25, 0.3) is 11.7 Å². The third kappa shape index (κ3) is 4.97. The molecule has 0 aliphatic carbocycles. The number of hydrogen-bond donors (Lipinski definition) is 2. The maximum atomic E-state index is 13.2. The number of rotatable bonds is 9. The highest BCUT2D eigenvalue weighted by molar-refractivity contribution is 9.10. The molecule has 2 heterocycles. The number of benzene rings is 2. The number of H-pyrrole nitrogens is 1. The molecule has 7 nitrogen and oxygen atoms in total. The number of aryl methyl sites for hydroxylation is 1. The molecule has 1 aromatic heterocycles. The van der Waals surface area contributed by atoms with Crippen LogP contribution in [-0.4, -0.2) is 39.8 Å². The molecule has 0 radical (unpaired) electrons. The Morgan fingerprint density at radius 3 is 2.74 bits per heavy atom. The topological polar surface area (TPSA) is 86.5 Å². The van der Waals surface area contributed by atoms with Crippen molar-refractivity contribution >= 4 is 33.4 Å². The van der Waals surface area contributed by atoms with E-state index < -0.39 is 17.7 Å². The number of carbonyl (C=O) groups is 2. The fraction of sp³-hybridized carbons (Fsp3) is 0.192. The van der Waals surface area contributed by atoms with Crippen LogP contribution in [0.2, 0.25) is 0 Å². The van der Waals surface area contributed by atoms with Crippen molar-refractivity contribution in [2.75, 3.05) is 13.2 Å². The van der Waals surface area contributed by atoms with Crippen LogP contribution in [-0.2, 0) is 16.1 Å². The maximum absolute atomic E-state index is 13.2. The van der Waals surface area contributed by atoms with E-state index in [-0.39, 0.29) is 11.3 Å². The van der Waals surface area contributed by atoms with Crippen molar-refractivity contribution in [3.63, 3.8) is 0 Å². The molecule has 1 amide bonds. The summed E-state index contributed by atoms with van der Waals surface area (Å²) in [5.41, 5.74) is 1.23. The number of aliphatic hydroxyl groups is 1. The normalized spacial score (nSPS) is 17.2. The first-order valence-electron chi connectivity index (χ1n) is 10.9. The van der Waals surface area contributed by atoms with Gasteiger partial charge in [-0.15, -0.1) is 0 Å². The summed E-state index contributed by atoms with van der Waals surface area (Å²) in [5, 5.41) is 11.1. The van der Waals surface area contributed by atoms with Crippen LogP contribution in [0, 0.1) is 0 Å². The molecular weight excluding hydrogens is 498 g/mol. The van der Waals surface area contributed by atoms with Crippen LogP contribution in [0.1, 0.15) is 23.6 Å². The number of imidazole rings is 1. The predicted octanol–water partition coefficient (Wildman–Crippen LogP) is 4.14. The summed E-state index contributed by atoms with van der Waals surface area (Å²) >= 11 is 3.38. The largest absolute Gasteiger partial charge is 0.507 e. The Morgan fingerprint density at radius 2 is 2.03 bits per heavy atom. The van der Waals surface area contributed by atoms with Crippen LogP contribution < -0.4 is 9.30 Å². The number of amides is 1. The molecule has 2 N–H and O–H groups in total. The van der Waals surface area contributed by atoms with Crippen LogP contribution in [0.3, 0.4) is 0 Å². The summed E-state index contributed by atoms with van der Waals surface area (Å²) in [7, 11) is 0. The molecule has 1 aliphatic rings. The molecule has 1 unspecified atom stereocenters. The monoisotopic (exact) mass is 522 g/mol. The van der Waals surface area contributed by atoms with Crippen molar-refractivity contribution in [1.29, 1.82) is 0 Å². The van der Waals surface area contributed by atoms with Crippen LogP contribution in [0.15, 0.2) is 90.0 Å². The number of halogens is 1. The van der Waals surface area contributed by atoms with Crippen LogP contribution in [0.4, 0.5) is 0 Å². The number of aromatic amines is 1. The van der Waals surface area contributed by atoms with E-state index >= 15 is 0 Å². The Bertz CT molecular complexity index is 1220. The van der Waals surface area contributed by atoms with Crippen LogP contribution in [0.5, 0.6) is 5.75 Å². The zero-order chi connectivity index (χ0) is 24.1. The van der Waals surface area contributed by atoms with Crippen LogP contribution >= 0.6 is 15.9 Å². The lowest BCUT2D eigenvalue weighted by molar-refractivity contribution is -0.695. The lowest BCUT2D eigenvalue weighted by Crippen LogP contribution is -2.36. The number of ketones is 1. The van der Waals surface area contributed by atoms with Gasteiger partial charge in [0.1, 0.15) is 30.5 Å². The van der Waals surface area contributed by atoms with Gasteiger partial charge in [-0.2, -0.15) is 0 Å². The van der Waals surface area contributed by atoms with Crippen molar-refractivity contribution in [2.45, 2.75) is 19.0 Å². The smallest absolute Gasteiger partial charge is 0.295 e. The molecule has 0 spiro atoms. The van der Waals surface area contributed by atoms with Crippen molar-refractivity contribution in [1.82, 2.24) is 9.88 Å². The van der Waals surface area contributed by atoms with Crippen molar-refractivity contribution in [2.24, 2.45) is 0 Å². The lowest BCUT2D eigenvalue weighted by Gasteiger charge is -2.25. The molecular formula is C26H25BrN3O4+. The molecule has 8 heteroatoms. The van der Waals surface area contributed by atoms with E-state index in [0.29, 0.717) is 43.0 Å². The van der Waals surface area contributed by atoms with Gasteiger partial charge in [0.15, 0.2) is 0 Å². The van der Waals surface area contributed by atoms with Gasteiger partial charge in [-0.3, -0.25) is 14.6 Å². The maximum Gasteiger partial charge on any atom is 0.295 e. The summed E-state index contributed by atoms with van der Waals surface area (Å²) in [6.45, 7) is 5.02. The number of carbonyl (C=O) groups excluding carboxylic acids is 2. The number of ether oxygens (including phenoxy) is 1. The van der Waals surface area contributed by atoms with Crippen molar-refractivity contribution in [3.05, 3.63) is 101 Å². The van der Waals surface area contributed by atoms with E-state index in [0.717, 1.165) is 4.47 Å². The predicted molar refractivity (Wildman–Crippen MR) is 131 cm³/mol. The quantitative estimate of drug-likeness (QED) is 0.145. The number of aliphatic hydroxyl groups excluding tert-OH is 1. The fourth-order valence-electron chi connectivity index (χ4n) is 4.03. The van der Waals surface area contributed by atoms with Gasteiger partial charge in [-0.25, -0.2) is 4.57 Å². The summed E-state index contributed by atoms with van der Waals surface area (Å²) in [6, 6.07) is 13.5. The van der Waals surface area contributed by atoms with Crippen molar-refractivity contribution < 1.29 is 24.0 Å². The Morgan fingerprint density at radius 1 is 1.24 bits per heavy atom. The molecule has 174 valence electrons. The Hall–Kier alpha value is -3.65. The van der Waals surface area contributed by atoms with Crippen molar-refractivity contribution in [3.8, 4) is 5.75 Å². The van der Waals surface area contributed by atoms with E-state index in [1.165, 1.54) is 4.90 Å². The number of nitrogens with one attached hydrogen (secondary N) is 1. The molecule has 3 aromatic rings. The second-order valence-electron chi connectivity index (χ2n) is 7.87. The minimum absolute atomic E-state index is 0.0718. The molecule has 1 saturated heterocycles. The van der Waals surface area contributed by atoms with E-state index in [4.69, 9.17) is 4.74 Å². The average Bonchev–Trinajstić information content (AvgIpc) is 3.45. The van der Waals surface area contributed by atoms with Gasteiger partial charge in [0.2, 0.25) is 6.33 Å². The summed E-state index contributed by atoms with van der Waals surface area (Å²) < 4.78 is 8.48. The van der Waals surface area contributed by atoms with E-state index in [9.17, 15) is 14.7 Å². The lowest BCUT2D eigenvalue weighted by atomic mass is 9.95. The van der Waals surface area contributed by atoms with Gasteiger partial charge in [-0.1, -0.05) is 52.9 Å². The van der Waals surface area contributed by atoms with E-state index in [1.807, 2.05) is 35.4 Å². The first kappa shape index (κ1) is 23.5. The summed E-state index contributed by atoms with van der Waals surface area (Å²) in [5.74, 6) is -0.928. The molecule has 4 rings (SSSR count). The van der Waals surface area contributed by atoms with Gasteiger partial charge in [0.05, 0.1) is 18.2 Å². The minimum Gasteiger partial charge on any atom is -0.507 e. The SMILES string of the molecule is C=CCOc1cccc(C2C(=C(O)c3ccc(Br)cc3)C(=O)C(=O)N2CCC[n+]2cc[nH]c2)c1. The number of likely N-dealkylation sites (tertiary alicyclic amines) is 1. The second kappa shape index (κ2) is 10.5. The third-order valence-corrected chi connectivity index (χ3v) is 6.15. The molecule has 1 fully saturated rings. The highest BCUT2D eigenvalue weighted by atomic mass is 79.9. The summed E-state index contributed by atoms with van der Waals surface area (Å²) in [4.78, 5) is 30.8. The zero-order valence-electron chi connectivity index (χ0n) is 18.5.